The molecule has 0 aliphatic carbocycles. The maximum atomic E-state index is 4.92. The summed E-state index contributed by atoms with van der Waals surface area (Å²) in [6.45, 7) is 10.6. The van der Waals surface area contributed by atoms with Gasteiger partial charge in [0, 0.05) is 37.7 Å². The van der Waals surface area contributed by atoms with Crippen molar-refractivity contribution in [2.24, 2.45) is 10.9 Å². The van der Waals surface area contributed by atoms with Crippen molar-refractivity contribution in [3.8, 4) is 0 Å². The van der Waals surface area contributed by atoms with Crippen LogP contribution in [0.1, 0.15) is 32.3 Å². The lowest BCUT2D eigenvalue weighted by Gasteiger charge is -2.31. The van der Waals surface area contributed by atoms with Gasteiger partial charge in [-0.05, 0) is 50.4 Å². The largest absolute Gasteiger partial charge is 0.357 e. The Morgan fingerprint density at radius 3 is 2.80 bits per heavy atom. The Morgan fingerprint density at radius 1 is 1.36 bits per heavy atom. The van der Waals surface area contributed by atoms with E-state index in [2.05, 4.69) is 76.2 Å². The molecule has 1 heterocycles. The van der Waals surface area contributed by atoms with Gasteiger partial charge in [0.05, 0.1) is 0 Å². The van der Waals surface area contributed by atoms with E-state index < -0.39 is 0 Å². The maximum absolute atomic E-state index is 4.92. The summed E-state index contributed by atoms with van der Waals surface area (Å²) in [5.41, 5.74) is 1.28. The lowest BCUT2D eigenvalue weighted by Crippen LogP contribution is -2.40. The second-order valence-corrected chi connectivity index (χ2v) is 7.40. The number of nitrogens with one attached hydrogen (secondary N) is 1. The van der Waals surface area contributed by atoms with Gasteiger partial charge in [-0.25, -0.2) is 0 Å². The third-order valence-corrected chi connectivity index (χ3v) is 5.39. The van der Waals surface area contributed by atoms with Gasteiger partial charge in [0.1, 0.15) is 0 Å². The monoisotopic (exact) mass is 522 g/mol. The van der Waals surface area contributed by atoms with E-state index >= 15 is 0 Å². The Bertz CT molecular complexity index is 538. The van der Waals surface area contributed by atoms with Crippen LogP contribution >= 0.6 is 39.9 Å². The molecule has 1 atom stereocenters. The van der Waals surface area contributed by atoms with Crippen LogP contribution in [-0.4, -0.2) is 55.5 Å². The number of likely N-dealkylation sites (tertiary alicyclic amines) is 1. The van der Waals surface area contributed by atoms with Gasteiger partial charge in [0.25, 0.3) is 0 Å². The normalized spacial score (nSPS) is 18.6. The van der Waals surface area contributed by atoms with Crippen LogP contribution in [0.3, 0.4) is 0 Å². The molecule has 4 nitrogen and oxygen atoms in total. The van der Waals surface area contributed by atoms with E-state index in [-0.39, 0.29) is 24.0 Å². The van der Waals surface area contributed by atoms with Crippen molar-refractivity contribution >= 4 is 45.9 Å². The molecule has 142 valence electrons. The number of hydrogen-bond acceptors (Lipinski definition) is 2. The van der Waals surface area contributed by atoms with Crippen molar-refractivity contribution in [1.29, 1.82) is 0 Å². The molecule has 2 rings (SSSR count). The molecular formula is C19H32BrIN4. The van der Waals surface area contributed by atoms with Gasteiger partial charge in [0.15, 0.2) is 5.96 Å². The minimum atomic E-state index is 0. The van der Waals surface area contributed by atoms with Crippen LogP contribution in [0.25, 0.3) is 0 Å². The van der Waals surface area contributed by atoms with Crippen molar-refractivity contribution in [3.05, 3.63) is 34.3 Å². The molecule has 1 aromatic carbocycles. The zero-order valence-corrected chi connectivity index (χ0v) is 19.6. The van der Waals surface area contributed by atoms with E-state index in [0.29, 0.717) is 5.92 Å². The third-order valence-electron chi connectivity index (χ3n) is 4.61. The lowest BCUT2D eigenvalue weighted by molar-refractivity contribution is 0.186. The molecular weight excluding hydrogens is 491 g/mol. The summed E-state index contributed by atoms with van der Waals surface area (Å²) in [6.07, 6.45) is 2.60. The highest BCUT2D eigenvalue weighted by Crippen LogP contribution is 2.18. The second-order valence-electron chi connectivity index (χ2n) is 6.54. The van der Waals surface area contributed by atoms with Gasteiger partial charge in [-0.2, -0.15) is 0 Å². The Morgan fingerprint density at radius 2 is 2.12 bits per heavy atom. The summed E-state index contributed by atoms with van der Waals surface area (Å²) in [6, 6.07) is 8.38. The molecule has 25 heavy (non-hydrogen) atoms. The number of guanidine groups is 1. The molecule has 0 radical (unpaired) electrons. The fraction of sp³-hybridized carbons (Fsp3) is 0.632. The van der Waals surface area contributed by atoms with Gasteiger partial charge >= 0.3 is 0 Å². The third kappa shape index (κ3) is 7.43. The van der Waals surface area contributed by atoms with Crippen LogP contribution in [0.2, 0.25) is 0 Å². The van der Waals surface area contributed by atoms with E-state index in [1.165, 1.54) is 31.5 Å². The number of benzene rings is 1. The number of nitrogens with zero attached hydrogens (tertiary/aromatic N) is 3. The Kier molecular flexibility index (Phi) is 11.0. The summed E-state index contributed by atoms with van der Waals surface area (Å²) in [7, 11) is 2.11. The number of rotatable bonds is 6. The average molecular weight is 523 g/mol. The predicted octanol–water partition coefficient (Wildman–Crippen LogP) is 4.20. The maximum Gasteiger partial charge on any atom is 0.193 e. The Balaban J connectivity index is 0.00000312. The number of halogens is 2. The molecule has 0 amide bonds. The van der Waals surface area contributed by atoms with Crippen LogP contribution in [0.15, 0.2) is 33.7 Å². The molecule has 6 heteroatoms. The molecule has 1 aliphatic rings. The van der Waals surface area contributed by atoms with Gasteiger partial charge in [-0.15, -0.1) is 24.0 Å². The van der Waals surface area contributed by atoms with Gasteiger partial charge in [0.2, 0.25) is 0 Å². The lowest BCUT2D eigenvalue weighted by atomic mass is 9.98. The Hall–Kier alpha value is -0.340. The fourth-order valence-corrected chi connectivity index (χ4v) is 3.64. The fourth-order valence-electron chi connectivity index (χ4n) is 3.23. The first-order valence-electron chi connectivity index (χ1n) is 9.09. The molecule has 0 saturated carbocycles. The molecule has 1 unspecified atom stereocenters. The van der Waals surface area contributed by atoms with E-state index in [0.717, 1.165) is 36.6 Å². The minimum Gasteiger partial charge on any atom is -0.357 e. The Labute approximate surface area is 178 Å². The predicted molar refractivity (Wildman–Crippen MR) is 122 cm³/mol. The highest BCUT2D eigenvalue weighted by Gasteiger charge is 2.19. The molecule has 0 bridgehead atoms. The highest BCUT2D eigenvalue weighted by atomic mass is 127. The van der Waals surface area contributed by atoms with Crippen LogP contribution in [-0.2, 0) is 6.54 Å². The van der Waals surface area contributed by atoms with E-state index in [9.17, 15) is 0 Å². The molecule has 1 aromatic rings. The number of piperidine rings is 1. The standard InChI is InChI=1S/C19H31BrN4.HI/c1-4-21-19(22-13-16-9-8-12-24(5-2)14-16)23(3)15-17-10-6-7-11-18(17)20;/h6-7,10-11,16H,4-5,8-9,12-15H2,1-3H3,(H,21,22);1H. The van der Waals surface area contributed by atoms with E-state index in [1.54, 1.807) is 0 Å². The summed E-state index contributed by atoms with van der Waals surface area (Å²) in [5, 5.41) is 3.43. The first kappa shape index (κ1) is 22.7. The molecule has 1 saturated heterocycles. The first-order chi connectivity index (χ1) is 11.6. The topological polar surface area (TPSA) is 30.9 Å². The zero-order chi connectivity index (χ0) is 17.4. The minimum absolute atomic E-state index is 0. The van der Waals surface area contributed by atoms with Crippen molar-refractivity contribution in [2.75, 3.05) is 39.8 Å². The summed E-state index contributed by atoms with van der Waals surface area (Å²) in [5.74, 6) is 1.69. The molecule has 0 aromatic heterocycles. The highest BCUT2D eigenvalue weighted by molar-refractivity contribution is 14.0. The summed E-state index contributed by atoms with van der Waals surface area (Å²) < 4.78 is 1.15. The SMILES string of the molecule is CCNC(=NCC1CCCN(CC)C1)N(C)Cc1ccccc1Br.I. The van der Waals surface area contributed by atoms with E-state index in [4.69, 9.17) is 4.99 Å². The van der Waals surface area contributed by atoms with Crippen LogP contribution in [0.5, 0.6) is 0 Å². The van der Waals surface area contributed by atoms with E-state index in [1.807, 2.05) is 0 Å². The number of hydrogen-bond donors (Lipinski definition) is 1. The van der Waals surface area contributed by atoms with Gasteiger partial charge in [-0.1, -0.05) is 41.1 Å². The average Bonchev–Trinajstić information content (AvgIpc) is 2.60. The first-order valence-corrected chi connectivity index (χ1v) is 9.88. The van der Waals surface area contributed by atoms with Crippen molar-refractivity contribution in [2.45, 2.75) is 33.2 Å². The molecule has 1 N–H and O–H groups in total. The smallest absolute Gasteiger partial charge is 0.193 e. The van der Waals surface area contributed by atoms with Crippen molar-refractivity contribution in [1.82, 2.24) is 15.1 Å². The van der Waals surface area contributed by atoms with Gasteiger partial charge < -0.3 is 15.1 Å². The van der Waals surface area contributed by atoms with Crippen molar-refractivity contribution in [3.63, 3.8) is 0 Å². The van der Waals surface area contributed by atoms with Gasteiger partial charge in [-0.3, -0.25) is 4.99 Å². The van der Waals surface area contributed by atoms with Crippen molar-refractivity contribution < 1.29 is 0 Å². The van der Waals surface area contributed by atoms with Crippen LogP contribution in [0, 0.1) is 5.92 Å². The zero-order valence-electron chi connectivity index (χ0n) is 15.7. The van der Waals surface area contributed by atoms with Crippen LogP contribution < -0.4 is 5.32 Å². The molecule has 1 fully saturated rings. The summed E-state index contributed by atoms with van der Waals surface area (Å²) in [4.78, 5) is 9.68. The number of aliphatic imine (C=N–C) groups is 1. The quantitative estimate of drug-likeness (QED) is 0.345. The molecule has 0 spiro atoms. The molecule has 1 aliphatic heterocycles. The summed E-state index contributed by atoms with van der Waals surface area (Å²) >= 11 is 3.64. The van der Waals surface area contributed by atoms with Crippen LogP contribution in [0.4, 0.5) is 0 Å². The second kappa shape index (κ2) is 12.1.